The summed E-state index contributed by atoms with van der Waals surface area (Å²) in [6.45, 7) is 0. The number of halogens is 1. The van der Waals surface area contributed by atoms with E-state index < -0.39 is 5.91 Å². The number of tetrazole rings is 1. The average molecular weight is 226 g/mol. The van der Waals surface area contributed by atoms with Crippen LogP contribution in [0, 0.1) is 0 Å². The van der Waals surface area contributed by atoms with Crippen molar-refractivity contribution in [1.29, 1.82) is 0 Å². The molecular formula is C6H4ClN7O. The van der Waals surface area contributed by atoms with E-state index >= 15 is 0 Å². The van der Waals surface area contributed by atoms with Gasteiger partial charge in [-0.2, -0.15) is 5.21 Å². The van der Waals surface area contributed by atoms with Crippen molar-refractivity contribution in [2.24, 2.45) is 0 Å². The van der Waals surface area contributed by atoms with E-state index in [1.807, 2.05) is 0 Å². The molecule has 2 rings (SSSR count). The lowest BCUT2D eigenvalue weighted by Crippen LogP contribution is -2.15. The largest absolute Gasteiger partial charge is 0.299 e. The van der Waals surface area contributed by atoms with E-state index in [0.717, 1.165) is 0 Å². The SMILES string of the molecule is O=C(Nc1nccc(Cl)n1)c1nn[nH]n1. The summed E-state index contributed by atoms with van der Waals surface area (Å²) in [5, 5.41) is 14.9. The number of aromatic nitrogens is 6. The fourth-order valence-electron chi connectivity index (χ4n) is 0.812. The number of hydrogen-bond acceptors (Lipinski definition) is 6. The summed E-state index contributed by atoms with van der Waals surface area (Å²) in [6, 6.07) is 1.49. The average Bonchev–Trinajstić information content (AvgIpc) is 2.70. The molecule has 9 heteroatoms. The van der Waals surface area contributed by atoms with E-state index in [0.29, 0.717) is 0 Å². The first-order valence-corrected chi connectivity index (χ1v) is 4.17. The Bertz CT molecular complexity index is 470. The summed E-state index contributed by atoms with van der Waals surface area (Å²) in [4.78, 5) is 18.9. The fraction of sp³-hybridized carbons (Fsp3) is 0. The molecule has 2 aromatic rings. The molecule has 0 bridgehead atoms. The van der Waals surface area contributed by atoms with Crippen LogP contribution in [-0.2, 0) is 0 Å². The molecule has 0 aliphatic heterocycles. The highest BCUT2D eigenvalue weighted by molar-refractivity contribution is 6.29. The molecule has 2 aromatic heterocycles. The maximum atomic E-state index is 11.4. The van der Waals surface area contributed by atoms with Crippen LogP contribution >= 0.6 is 11.6 Å². The Morgan fingerprint density at radius 1 is 1.53 bits per heavy atom. The molecular weight excluding hydrogens is 222 g/mol. The maximum Gasteiger partial charge on any atom is 0.299 e. The first-order chi connectivity index (χ1) is 7.25. The number of carbonyl (C=O) groups is 1. The maximum absolute atomic E-state index is 11.4. The molecule has 0 saturated heterocycles. The van der Waals surface area contributed by atoms with Crippen molar-refractivity contribution < 1.29 is 4.79 Å². The number of carbonyl (C=O) groups excluding carboxylic acids is 1. The van der Waals surface area contributed by atoms with Crippen molar-refractivity contribution in [3.8, 4) is 0 Å². The molecule has 0 unspecified atom stereocenters. The molecule has 0 aromatic carbocycles. The van der Waals surface area contributed by atoms with Crippen molar-refractivity contribution in [3.05, 3.63) is 23.2 Å². The van der Waals surface area contributed by atoms with Crippen LogP contribution in [0.2, 0.25) is 5.15 Å². The van der Waals surface area contributed by atoms with Crippen molar-refractivity contribution in [2.45, 2.75) is 0 Å². The molecule has 0 fully saturated rings. The van der Waals surface area contributed by atoms with Crippen molar-refractivity contribution >= 4 is 23.5 Å². The summed E-state index contributed by atoms with van der Waals surface area (Å²) in [6.07, 6.45) is 1.42. The molecule has 2 heterocycles. The quantitative estimate of drug-likeness (QED) is 0.691. The van der Waals surface area contributed by atoms with Gasteiger partial charge < -0.3 is 0 Å². The third-order valence-electron chi connectivity index (χ3n) is 1.40. The Balaban J connectivity index is 2.13. The van der Waals surface area contributed by atoms with E-state index in [9.17, 15) is 4.79 Å². The predicted octanol–water partition coefficient (Wildman–Crippen LogP) is -0.105. The monoisotopic (exact) mass is 225 g/mol. The van der Waals surface area contributed by atoms with Gasteiger partial charge in [0.2, 0.25) is 5.95 Å². The highest BCUT2D eigenvalue weighted by Gasteiger charge is 2.11. The van der Waals surface area contributed by atoms with Gasteiger partial charge in [-0.1, -0.05) is 11.6 Å². The zero-order valence-electron chi connectivity index (χ0n) is 7.18. The zero-order chi connectivity index (χ0) is 10.7. The van der Waals surface area contributed by atoms with Crippen LogP contribution in [0.4, 0.5) is 5.95 Å². The second-order valence-corrected chi connectivity index (χ2v) is 2.78. The molecule has 0 saturated carbocycles. The molecule has 0 spiro atoms. The number of anilines is 1. The highest BCUT2D eigenvalue weighted by atomic mass is 35.5. The van der Waals surface area contributed by atoms with Crippen LogP contribution < -0.4 is 5.32 Å². The second-order valence-electron chi connectivity index (χ2n) is 2.39. The number of nitrogens with zero attached hydrogens (tertiary/aromatic N) is 5. The van der Waals surface area contributed by atoms with Crippen LogP contribution in [-0.4, -0.2) is 36.5 Å². The van der Waals surface area contributed by atoms with Crippen LogP contribution in [0.1, 0.15) is 10.6 Å². The van der Waals surface area contributed by atoms with Gasteiger partial charge in [0, 0.05) is 6.20 Å². The Morgan fingerprint density at radius 2 is 2.40 bits per heavy atom. The summed E-state index contributed by atoms with van der Waals surface area (Å²) < 4.78 is 0. The number of rotatable bonds is 2. The Hall–Kier alpha value is -2.09. The Kier molecular flexibility index (Phi) is 2.50. The molecule has 8 nitrogen and oxygen atoms in total. The third kappa shape index (κ3) is 2.23. The molecule has 1 amide bonds. The lowest BCUT2D eigenvalue weighted by atomic mass is 10.5. The Morgan fingerprint density at radius 3 is 3.07 bits per heavy atom. The summed E-state index contributed by atoms with van der Waals surface area (Å²) in [7, 11) is 0. The molecule has 0 radical (unpaired) electrons. The minimum atomic E-state index is -0.564. The number of aromatic amines is 1. The van der Waals surface area contributed by atoms with E-state index in [1.54, 1.807) is 0 Å². The van der Waals surface area contributed by atoms with E-state index in [4.69, 9.17) is 11.6 Å². The fourth-order valence-corrected chi connectivity index (χ4v) is 0.949. The minimum absolute atomic E-state index is 0.0808. The Labute approximate surface area is 88.1 Å². The molecule has 76 valence electrons. The predicted molar refractivity (Wildman–Crippen MR) is 49.2 cm³/mol. The van der Waals surface area contributed by atoms with Gasteiger partial charge in [-0.25, -0.2) is 9.97 Å². The van der Waals surface area contributed by atoms with Crippen LogP contribution in [0.15, 0.2) is 12.3 Å². The van der Waals surface area contributed by atoms with Gasteiger partial charge in [0.05, 0.1) is 0 Å². The number of nitrogens with one attached hydrogen (secondary N) is 2. The van der Waals surface area contributed by atoms with Gasteiger partial charge >= 0.3 is 0 Å². The van der Waals surface area contributed by atoms with Gasteiger partial charge in [-0.05, 0) is 11.3 Å². The number of amides is 1. The first kappa shape index (κ1) is 9.46. The molecule has 15 heavy (non-hydrogen) atoms. The van der Waals surface area contributed by atoms with Crippen molar-refractivity contribution in [3.63, 3.8) is 0 Å². The van der Waals surface area contributed by atoms with Gasteiger partial charge in [-0.15, -0.1) is 10.2 Å². The summed E-state index contributed by atoms with van der Waals surface area (Å²) >= 11 is 5.60. The van der Waals surface area contributed by atoms with E-state index in [2.05, 4.69) is 35.9 Å². The third-order valence-corrected chi connectivity index (χ3v) is 1.61. The van der Waals surface area contributed by atoms with Gasteiger partial charge in [0.25, 0.3) is 11.7 Å². The zero-order valence-corrected chi connectivity index (χ0v) is 7.93. The van der Waals surface area contributed by atoms with Gasteiger partial charge in [0.15, 0.2) is 0 Å². The molecule has 0 aliphatic carbocycles. The van der Waals surface area contributed by atoms with Crippen LogP contribution in [0.25, 0.3) is 0 Å². The van der Waals surface area contributed by atoms with E-state index in [-0.39, 0.29) is 16.9 Å². The van der Waals surface area contributed by atoms with Gasteiger partial charge in [0.1, 0.15) is 5.15 Å². The molecule has 2 N–H and O–H groups in total. The lowest BCUT2D eigenvalue weighted by Gasteiger charge is -1.98. The van der Waals surface area contributed by atoms with Crippen LogP contribution in [0.3, 0.4) is 0 Å². The topological polar surface area (TPSA) is 109 Å². The standard InChI is InChI=1S/C6H4ClN7O/c7-3-1-2-8-6(9-3)10-5(15)4-11-13-14-12-4/h1-2H,(H,8,9,10,15)(H,11,12,13,14). The normalized spacial score (nSPS) is 9.93. The van der Waals surface area contributed by atoms with E-state index in [1.165, 1.54) is 12.3 Å². The van der Waals surface area contributed by atoms with Crippen molar-refractivity contribution in [1.82, 2.24) is 30.6 Å². The minimum Gasteiger partial charge on any atom is -0.287 e. The smallest absolute Gasteiger partial charge is 0.287 e. The summed E-state index contributed by atoms with van der Waals surface area (Å²) in [5.41, 5.74) is 0. The lowest BCUT2D eigenvalue weighted by molar-refractivity contribution is 0.101. The number of H-pyrrole nitrogens is 1. The number of hydrogen-bond donors (Lipinski definition) is 2. The second kappa shape index (κ2) is 3.96. The highest BCUT2D eigenvalue weighted by Crippen LogP contribution is 2.05. The summed E-state index contributed by atoms with van der Waals surface area (Å²) in [5.74, 6) is -0.582. The van der Waals surface area contributed by atoms with Crippen molar-refractivity contribution in [2.75, 3.05) is 5.32 Å². The molecule has 0 aliphatic rings. The first-order valence-electron chi connectivity index (χ1n) is 3.79. The van der Waals surface area contributed by atoms with Crippen LogP contribution in [0.5, 0.6) is 0 Å². The molecule has 0 atom stereocenters. The van der Waals surface area contributed by atoms with Gasteiger partial charge in [-0.3, -0.25) is 10.1 Å².